The normalized spacial score (nSPS) is 22.5. The number of rotatable bonds is 7. The van der Waals surface area contributed by atoms with E-state index in [4.69, 9.17) is 14.2 Å². The van der Waals surface area contributed by atoms with Gasteiger partial charge in [-0.15, -0.1) is 0 Å². The van der Waals surface area contributed by atoms with Crippen LogP contribution in [-0.2, 0) is 14.3 Å². The van der Waals surface area contributed by atoms with E-state index in [2.05, 4.69) is 16.0 Å². The van der Waals surface area contributed by atoms with Crippen molar-refractivity contribution in [1.29, 1.82) is 0 Å². The highest BCUT2D eigenvalue weighted by atomic mass is 16.5. The molecule has 3 N–H and O–H groups in total. The van der Waals surface area contributed by atoms with Gasteiger partial charge in [-0.25, -0.2) is 4.79 Å². The van der Waals surface area contributed by atoms with Crippen LogP contribution in [0.5, 0.6) is 5.75 Å². The highest BCUT2D eigenvalue weighted by Gasteiger charge is 2.39. The molecule has 1 aromatic carbocycles. The van der Waals surface area contributed by atoms with E-state index >= 15 is 0 Å². The number of carbonyl (C=O) groups excluding carboxylic acids is 3. The van der Waals surface area contributed by atoms with Gasteiger partial charge in [0.1, 0.15) is 18.5 Å². The van der Waals surface area contributed by atoms with Crippen LogP contribution in [0.3, 0.4) is 0 Å². The van der Waals surface area contributed by atoms with Gasteiger partial charge in [-0.1, -0.05) is 0 Å². The average Bonchev–Trinajstić information content (AvgIpc) is 2.77. The zero-order valence-corrected chi connectivity index (χ0v) is 18.8. The molecule has 0 bridgehead atoms. The summed E-state index contributed by atoms with van der Waals surface area (Å²) in [6, 6.07) is 4.49. The van der Waals surface area contributed by atoms with Gasteiger partial charge in [-0.05, 0) is 38.0 Å². The Bertz CT molecular complexity index is 833. The van der Waals surface area contributed by atoms with Gasteiger partial charge in [0.25, 0.3) is 5.91 Å². The fourth-order valence-electron chi connectivity index (χ4n) is 4.01. The maximum absolute atomic E-state index is 13.2. The molecule has 0 aliphatic carbocycles. The molecule has 10 heteroatoms. The van der Waals surface area contributed by atoms with Crippen LogP contribution in [0.25, 0.3) is 0 Å². The van der Waals surface area contributed by atoms with Gasteiger partial charge in [0.05, 0.1) is 30.7 Å². The van der Waals surface area contributed by atoms with E-state index in [0.717, 1.165) is 0 Å². The van der Waals surface area contributed by atoms with Crippen molar-refractivity contribution in [2.24, 2.45) is 0 Å². The summed E-state index contributed by atoms with van der Waals surface area (Å²) in [5, 5.41) is 8.18. The number of fused-ring (bicyclic) bond motifs is 2. The van der Waals surface area contributed by atoms with E-state index in [9.17, 15) is 14.4 Å². The smallest absolute Gasteiger partial charge is 0.319 e. The minimum Gasteiger partial charge on any atom is -0.490 e. The maximum atomic E-state index is 13.2. The first-order chi connectivity index (χ1) is 15.4. The Hall–Kier alpha value is -2.85. The average molecular weight is 449 g/mol. The quantitative estimate of drug-likeness (QED) is 0.542. The summed E-state index contributed by atoms with van der Waals surface area (Å²) in [4.78, 5) is 38.8. The molecule has 0 aromatic heterocycles. The molecule has 1 fully saturated rings. The summed E-state index contributed by atoms with van der Waals surface area (Å²) in [5.74, 6) is 0.151. The molecule has 0 saturated carbocycles. The Morgan fingerprint density at radius 3 is 2.81 bits per heavy atom. The number of amides is 4. The second kappa shape index (κ2) is 11.1. The Balaban J connectivity index is 1.67. The van der Waals surface area contributed by atoms with Gasteiger partial charge in [0, 0.05) is 32.9 Å². The van der Waals surface area contributed by atoms with Crippen molar-refractivity contribution >= 4 is 23.5 Å². The number of nitrogens with zero attached hydrogens (tertiary/aromatic N) is 1. The number of likely N-dealkylation sites (N-methyl/N-ethyl adjacent to an activating group) is 1. The Morgan fingerprint density at radius 1 is 1.25 bits per heavy atom. The third-order valence-corrected chi connectivity index (χ3v) is 5.65. The first kappa shape index (κ1) is 23.8. The number of benzene rings is 1. The molecule has 32 heavy (non-hydrogen) atoms. The lowest BCUT2D eigenvalue weighted by atomic mass is 9.94. The third kappa shape index (κ3) is 5.89. The van der Waals surface area contributed by atoms with Crippen LogP contribution < -0.4 is 20.7 Å². The fraction of sp³-hybridized carbons (Fsp3) is 0.591. The van der Waals surface area contributed by atoms with Crippen LogP contribution in [0.1, 0.15) is 36.5 Å². The molecule has 3 atom stereocenters. The fourth-order valence-corrected chi connectivity index (χ4v) is 4.01. The van der Waals surface area contributed by atoms with E-state index in [1.807, 2.05) is 6.92 Å². The predicted octanol–water partition coefficient (Wildman–Crippen LogP) is 1.36. The van der Waals surface area contributed by atoms with E-state index in [-0.39, 0.29) is 49.1 Å². The van der Waals surface area contributed by atoms with Gasteiger partial charge < -0.3 is 35.1 Å². The van der Waals surface area contributed by atoms with Crippen LogP contribution in [0, 0.1) is 0 Å². The standard InChI is InChI=1S/C22H32N4O6/c1-4-23-22(29)25-14-5-8-18-16(11-14)21(28)26(2)17-7-6-15(32-19(17)13-31-18)12-20(27)24-9-10-30-3/h5,8,11,15,17,19H,4,6-7,9-10,12-13H2,1-3H3,(H,24,27)(H2,23,25,29)/t15-,17-,19-/m1/s1. The van der Waals surface area contributed by atoms with Crippen molar-refractivity contribution in [1.82, 2.24) is 15.5 Å². The number of hydrogen-bond donors (Lipinski definition) is 3. The van der Waals surface area contributed by atoms with E-state index in [1.54, 1.807) is 37.3 Å². The topological polar surface area (TPSA) is 118 Å². The monoisotopic (exact) mass is 448 g/mol. The van der Waals surface area contributed by atoms with Crippen molar-refractivity contribution in [3.8, 4) is 5.75 Å². The van der Waals surface area contributed by atoms with Crippen LogP contribution in [0.2, 0.25) is 0 Å². The van der Waals surface area contributed by atoms with Gasteiger partial charge in [-0.2, -0.15) is 0 Å². The van der Waals surface area contributed by atoms with Gasteiger partial charge in [-0.3, -0.25) is 9.59 Å². The second-order valence-electron chi connectivity index (χ2n) is 7.91. The van der Waals surface area contributed by atoms with Crippen molar-refractivity contribution in [2.45, 2.75) is 44.4 Å². The molecule has 0 unspecified atom stereocenters. The van der Waals surface area contributed by atoms with Crippen molar-refractivity contribution in [2.75, 3.05) is 45.8 Å². The van der Waals surface area contributed by atoms with E-state index in [0.29, 0.717) is 49.5 Å². The third-order valence-electron chi connectivity index (χ3n) is 5.65. The van der Waals surface area contributed by atoms with E-state index < -0.39 is 0 Å². The molecule has 1 aromatic rings. The van der Waals surface area contributed by atoms with E-state index in [1.165, 1.54) is 0 Å². The largest absolute Gasteiger partial charge is 0.490 e. The summed E-state index contributed by atoms with van der Waals surface area (Å²) in [7, 11) is 3.34. The molecular weight excluding hydrogens is 416 g/mol. The Morgan fingerprint density at radius 2 is 2.06 bits per heavy atom. The highest BCUT2D eigenvalue weighted by molar-refractivity contribution is 5.99. The van der Waals surface area contributed by atoms with Crippen molar-refractivity contribution in [3.05, 3.63) is 23.8 Å². The number of carbonyl (C=O) groups is 3. The number of methoxy groups -OCH3 is 1. The zero-order chi connectivity index (χ0) is 23.1. The molecule has 176 valence electrons. The Labute approximate surface area is 187 Å². The summed E-state index contributed by atoms with van der Waals surface area (Å²) in [6.07, 6.45) is 1.07. The van der Waals surface area contributed by atoms with Crippen LogP contribution >= 0.6 is 0 Å². The van der Waals surface area contributed by atoms with Crippen molar-refractivity contribution < 1.29 is 28.6 Å². The molecule has 2 heterocycles. The lowest BCUT2D eigenvalue weighted by Gasteiger charge is -2.42. The van der Waals surface area contributed by atoms with Gasteiger partial charge in [0.2, 0.25) is 5.91 Å². The summed E-state index contributed by atoms with van der Waals surface area (Å²) >= 11 is 0. The molecule has 3 rings (SSSR count). The summed E-state index contributed by atoms with van der Waals surface area (Å²) in [6.45, 7) is 3.51. The van der Waals surface area contributed by atoms with Crippen molar-refractivity contribution in [3.63, 3.8) is 0 Å². The Kier molecular flexibility index (Phi) is 8.29. The van der Waals surface area contributed by atoms with Gasteiger partial charge >= 0.3 is 6.03 Å². The first-order valence-corrected chi connectivity index (χ1v) is 10.9. The number of hydrogen-bond acceptors (Lipinski definition) is 6. The molecule has 0 spiro atoms. The number of nitrogens with one attached hydrogen (secondary N) is 3. The number of ether oxygens (including phenoxy) is 3. The molecule has 1 saturated heterocycles. The number of anilines is 1. The van der Waals surface area contributed by atoms with Crippen LogP contribution in [-0.4, -0.2) is 81.5 Å². The highest BCUT2D eigenvalue weighted by Crippen LogP contribution is 2.32. The molecule has 2 aliphatic heterocycles. The van der Waals surface area contributed by atoms with Crippen LogP contribution in [0.4, 0.5) is 10.5 Å². The first-order valence-electron chi connectivity index (χ1n) is 10.9. The lowest BCUT2D eigenvalue weighted by molar-refractivity contribution is -0.134. The molecule has 4 amide bonds. The molecule has 10 nitrogen and oxygen atoms in total. The molecular formula is C22H32N4O6. The molecule has 0 radical (unpaired) electrons. The second-order valence-corrected chi connectivity index (χ2v) is 7.91. The SMILES string of the molecule is CCNC(=O)Nc1ccc2c(c1)C(=O)N(C)[C@@H]1CC[C@H](CC(=O)NCCOC)O[C@@H]1CO2. The lowest BCUT2D eigenvalue weighted by Crippen LogP contribution is -2.54. The predicted molar refractivity (Wildman–Crippen MR) is 118 cm³/mol. The zero-order valence-electron chi connectivity index (χ0n) is 18.8. The maximum Gasteiger partial charge on any atom is 0.319 e. The summed E-state index contributed by atoms with van der Waals surface area (Å²) in [5.41, 5.74) is 0.900. The minimum atomic E-state index is -0.337. The van der Waals surface area contributed by atoms with Gasteiger partial charge in [0.15, 0.2) is 0 Å². The van der Waals surface area contributed by atoms with Crippen LogP contribution in [0.15, 0.2) is 18.2 Å². The minimum absolute atomic E-state index is 0.0841. The summed E-state index contributed by atoms with van der Waals surface area (Å²) < 4.78 is 17.0. The number of urea groups is 1. The molecule has 2 aliphatic rings.